The third-order valence-corrected chi connectivity index (χ3v) is 4.70. The first-order valence-corrected chi connectivity index (χ1v) is 9.03. The van der Waals surface area contributed by atoms with E-state index >= 15 is 0 Å². The zero-order valence-corrected chi connectivity index (χ0v) is 16.3. The Morgan fingerprint density at radius 3 is 2.35 bits per heavy atom. The minimum Gasteiger partial charge on any atom is -0.497 e. The molecule has 26 heavy (non-hydrogen) atoms. The van der Waals surface area contributed by atoms with E-state index in [9.17, 15) is 9.59 Å². The van der Waals surface area contributed by atoms with E-state index in [1.807, 2.05) is 42.7 Å². The van der Waals surface area contributed by atoms with Crippen LogP contribution in [-0.2, 0) is 4.79 Å². The van der Waals surface area contributed by atoms with Gasteiger partial charge in [-0.05, 0) is 45.0 Å². The van der Waals surface area contributed by atoms with Crippen molar-refractivity contribution >= 4 is 23.7 Å². The van der Waals surface area contributed by atoms with Crippen LogP contribution < -0.4 is 15.4 Å². The Morgan fingerprint density at radius 2 is 1.81 bits per heavy atom. The number of benzene rings is 1. The Morgan fingerprint density at radius 1 is 1.15 bits per heavy atom. The lowest BCUT2D eigenvalue weighted by Gasteiger charge is -2.16. The number of aromatic nitrogens is 3. The summed E-state index contributed by atoms with van der Waals surface area (Å²) in [6, 6.07) is 7.11. The van der Waals surface area contributed by atoms with Crippen LogP contribution in [0.1, 0.15) is 26.8 Å². The molecule has 0 aliphatic heterocycles. The van der Waals surface area contributed by atoms with Crippen LogP contribution in [0.5, 0.6) is 5.75 Å². The summed E-state index contributed by atoms with van der Waals surface area (Å²) in [5.41, 5.74) is 0.904. The van der Waals surface area contributed by atoms with Crippen molar-refractivity contribution in [2.24, 2.45) is 0 Å². The lowest BCUT2D eigenvalue weighted by Crippen LogP contribution is -2.41. The van der Waals surface area contributed by atoms with Gasteiger partial charge in [0.05, 0.1) is 12.4 Å². The molecule has 0 radical (unpaired) electrons. The Bertz CT molecular complexity index is 773. The number of carbonyl (C=O) groups excluding carboxylic acids is 2. The molecule has 9 heteroatoms. The molecule has 0 saturated carbocycles. The second-order valence-electron chi connectivity index (χ2n) is 5.83. The quantitative estimate of drug-likeness (QED) is 0.751. The molecule has 1 aromatic heterocycles. The second-order valence-corrected chi connectivity index (χ2v) is 7.13. The fourth-order valence-corrected chi connectivity index (χ4v) is 3.23. The van der Waals surface area contributed by atoms with Gasteiger partial charge in [-0.2, -0.15) is 0 Å². The van der Waals surface area contributed by atoms with Crippen LogP contribution >= 0.6 is 11.8 Å². The highest BCUT2D eigenvalue weighted by atomic mass is 32.2. The summed E-state index contributed by atoms with van der Waals surface area (Å²) in [6.45, 7) is 5.76. The Labute approximate surface area is 156 Å². The van der Waals surface area contributed by atoms with E-state index in [0.717, 1.165) is 11.3 Å². The maximum Gasteiger partial charge on any atom is 0.321 e. The van der Waals surface area contributed by atoms with E-state index in [0.29, 0.717) is 11.0 Å². The van der Waals surface area contributed by atoms with Crippen LogP contribution in [0.3, 0.4) is 0 Å². The molecular weight excluding hydrogens is 354 g/mol. The SMILES string of the molecule is CNC(=O)NC(=O)C(C)Sc1nnc(-c2ccc(OC)cc2)n1C(C)C. The van der Waals surface area contributed by atoms with Crippen molar-refractivity contribution in [1.29, 1.82) is 0 Å². The van der Waals surface area contributed by atoms with Gasteiger partial charge in [-0.1, -0.05) is 11.8 Å². The minimum atomic E-state index is -0.535. The number of amides is 3. The van der Waals surface area contributed by atoms with Gasteiger partial charge in [0, 0.05) is 18.7 Å². The van der Waals surface area contributed by atoms with E-state index in [-0.39, 0.29) is 6.04 Å². The number of hydrogen-bond donors (Lipinski definition) is 2. The lowest BCUT2D eigenvalue weighted by atomic mass is 10.2. The van der Waals surface area contributed by atoms with Crippen molar-refractivity contribution in [1.82, 2.24) is 25.4 Å². The molecule has 0 spiro atoms. The zero-order valence-electron chi connectivity index (χ0n) is 15.4. The molecule has 1 atom stereocenters. The number of ether oxygens (including phenoxy) is 1. The van der Waals surface area contributed by atoms with E-state index < -0.39 is 17.2 Å². The van der Waals surface area contributed by atoms with E-state index in [1.54, 1.807) is 14.0 Å². The molecule has 1 aromatic carbocycles. The Hall–Kier alpha value is -2.55. The average Bonchev–Trinajstić information content (AvgIpc) is 3.05. The van der Waals surface area contributed by atoms with Crippen LogP contribution in [0.4, 0.5) is 4.79 Å². The number of methoxy groups -OCH3 is 1. The number of hydrogen-bond acceptors (Lipinski definition) is 6. The van der Waals surface area contributed by atoms with Gasteiger partial charge in [-0.15, -0.1) is 10.2 Å². The molecule has 2 N–H and O–H groups in total. The number of nitrogens with one attached hydrogen (secondary N) is 2. The van der Waals surface area contributed by atoms with Crippen molar-refractivity contribution in [2.75, 3.05) is 14.2 Å². The molecule has 2 aromatic rings. The predicted molar refractivity (Wildman–Crippen MR) is 100 cm³/mol. The number of carbonyl (C=O) groups is 2. The fraction of sp³-hybridized carbons (Fsp3) is 0.412. The summed E-state index contributed by atoms with van der Waals surface area (Å²) in [5.74, 6) is 1.08. The van der Waals surface area contributed by atoms with Crippen LogP contribution in [0.2, 0.25) is 0 Å². The fourth-order valence-electron chi connectivity index (χ4n) is 2.25. The summed E-state index contributed by atoms with van der Waals surface area (Å²) < 4.78 is 7.15. The maximum atomic E-state index is 12.1. The van der Waals surface area contributed by atoms with Gasteiger partial charge in [0.2, 0.25) is 5.91 Å². The summed E-state index contributed by atoms with van der Waals surface area (Å²) in [5, 5.41) is 13.3. The number of rotatable bonds is 6. The summed E-state index contributed by atoms with van der Waals surface area (Å²) in [6.07, 6.45) is 0. The first-order chi connectivity index (χ1) is 12.4. The third-order valence-electron chi connectivity index (χ3n) is 3.64. The second kappa shape index (κ2) is 8.70. The third kappa shape index (κ3) is 4.54. The van der Waals surface area contributed by atoms with Gasteiger partial charge in [0.15, 0.2) is 11.0 Å². The molecule has 0 fully saturated rings. The standard InChI is InChI=1S/C17H23N5O3S/c1-10(2)22-14(12-6-8-13(25-5)9-7-12)20-21-17(22)26-11(3)15(23)19-16(24)18-4/h6-11H,1-5H3,(H2,18,19,23,24). The number of thioether (sulfide) groups is 1. The lowest BCUT2D eigenvalue weighted by molar-refractivity contribution is -0.119. The molecule has 0 bridgehead atoms. The van der Waals surface area contributed by atoms with Crippen molar-refractivity contribution in [2.45, 2.75) is 37.2 Å². The van der Waals surface area contributed by atoms with Crippen molar-refractivity contribution in [3.63, 3.8) is 0 Å². The highest BCUT2D eigenvalue weighted by molar-refractivity contribution is 8.00. The van der Waals surface area contributed by atoms with E-state index in [2.05, 4.69) is 20.8 Å². The zero-order chi connectivity index (χ0) is 19.3. The minimum absolute atomic E-state index is 0.0961. The molecule has 8 nitrogen and oxygen atoms in total. The highest BCUT2D eigenvalue weighted by Crippen LogP contribution is 2.30. The number of imide groups is 1. The summed E-state index contributed by atoms with van der Waals surface area (Å²) in [4.78, 5) is 23.4. The molecule has 1 heterocycles. The average molecular weight is 377 g/mol. The van der Waals surface area contributed by atoms with Crippen LogP contribution in [0.25, 0.3) is 11.4 Å². The van der Waals surface area contributed by atoms with Gasteiger partial charge in [-0.25, -0.2) is 4.79 Å². The van der Waals surface area contributed by atoms with Gasteiger partial charge in [0.1, 0.15) is 5.75 Å². The normalized spacial score (nSPS) is 11.9. The van der Waals surface area contributed by atoms with Crippen molar-refractivity contribution in [3.8, 4) is 17.1 Å². The summed E-state index contributed by atoms with van der Waals surface area (Å²) in [7, 11) is 3.07. The van der Waals surface area contributed by atoms with Crippen LogP contribution in [-0.4, -0.2) is 46.1 Å². The van der Waals surface area contributed by atoms with Crippen molar-refractivity contribution < 1.29 is 14.3 Å². The van der Waals surface area contributed by atoms with Gasteiger partial charge in [0.25, 0.3) is 0 Å². The summed E-state index contributed by atoms with van der Waals surface area (Å²) >= 11 is 1.25. The molecule has 1 unspecified atom stereocenters. The highest BCUT2D eigenvalue weighted by Gasteiger charge is 2.23. The first-order valence-electron chi connectivity index (χ1n) is 8.16. The number of nitrogens with zero attached hydrogens (tertiary/aromatic N) is 3. The molecule has 0 aliphatic rings. The Balaban J connectivity index is 2.25. The first kappa shape index (κ1) is 19.8. The molecule has 0 saturated heterocycles. The maximum absolute atomic E-state index is 12.1. The van der Waals surface area contributed by atoms with Gasteiger partial charge < -0.3 is 10.1 Å². The molecule has 2 rings (SSSR count). The van der Waals surface area contributed by atoms with Crippen LogP contribution in [0.15, 0.2) is 29.4 Å². The Kier molecular flexibility index (Phi) is 6.62. The van der Waals surface area contributed by atoms with E-state index in [4.69, 9.17) is 4.74 Å². The van der Waals surface area contributed by atoms with Gasteiger partial charge >= 0.3 is 6.03 Å². The molecule has 3 amide bonds. The molecular formula is C17H23N5O3S. The largest absolute Gasteiger partial charge is 0.497 e. The molecule has 0 aliphatic carbocycles. The van der Waals surface area contributed by atoms with Crippen LogP contribution in [0, 0.1) is 0 Å². The topological polar surface area (TPSA) is 98.1 Å². The number of urea groups is 1. The van der Waals surface area contributed by atoms with Crippen molar-refractivity contribution in [3.05, 3.63) is 24.3 Å². The molecule has 140 valence electrons. The smallest absolute Gasteiger partial charge is 0.321 e. The van der Waals surface area contributed by atoms with Gasteiger partial charge in [-0.3, -0.25) is 14.7 Å². The van der Waals surface area contributed by atoms with E-state index in [1.165, 1.54) is 18.8 Å². The predicted octanol–water partition coefficient (Wildman–Crippen LogP) is 2.47. The monoisotopic (exact) mass is 377 g/mol.